The standard InChI is InChI=1S/C16H38O6Si2/c1-8-16(24(20-12-5,21-13-6)22-14-7)15-23(17-9-2,18-10-3)19-11-4/h16H,8-15H2,1-7H3. The van der Waals surface area contributed by atoms with E-state index in [0.29, 0.717) is 45.7 Å². The van der Waals surface area contributed by atoms with E-state index in [-0.39, 0.29) is 5.54 Å². The van der Waals surface area contributed by atoms with Gasteiger partial charge in [-0.15, -0.1) is 0 Å². The van der Waals surface area contributed by atoms with Crippen molar-refractivity contribution >= 4 is 17.6 Å². The molecule has 0 aromatic carbocycles. The van der Waals surface area contributed by atoms with Gasteiger partial charge < -0.3 is 26.6 Å². The van der Waals surface area contributed by atoms with Gasteiger partial charge in [0.25, 0.3) is 0 Å². The zero-order valence-corrected chi connectivity index (χ0v) is 18.7. The maximum absolute atomic E-state index is 6.09. The molecular weight excluding hydrogens is 344 g/mol. The van der Waals surface area contributed by atoms with Gasteiger partial charge in [-0.25, -0.2) is 0 Å². The van der Waals surface area contributed by atoms with Crippen LogP contribution in [-0.2, 0) is 26.6 Å². The minimum absolute atomic E-state index is 0.0914. The van der Waals surface area contributed by atoms with Crippen molar-refractivity contribution in [3.63, 3.8) is 0 Å². The minimum Gasteiger partial charge on any atom is -0.374 e. The van der Waals surface area contributed by atoms with Gasteiger partial charge >= 0.3 is 17.6 Å². The summed E-state index contributed by atoms with van der Waals surface area (Å²) in [6, 6.07) is 0.658. The van der Waals surface area contributed by atoms with Gasteiger partial charge in [-0.05, 0) is 48.0 Å². The van der Waals surface area contributed by atoms with Gasteiger partial charge in [0.2, 0.25) is 0 Å². The first-order chi connectivity index (χ1) is 11.5. The Balaban J connectivity index is 5.59. The highest BCUT2D eigenvalue weighted by molar-refractivity contribution is 6.68. The van der Waals surface area contributed by atoms with Crippen LogP contribution in [0.4, 0.5) is 0 Å². The molecule has 146 valence electrons. The summed E-state index contributed by atoms with van der Waals surface area (Å²) in [5, 5.41) is 0. The predicted molar refractivity (Wildman–Crippen MR) is 100 cm³/mol. The molecule has 1 atom stereocenters. The summed E-state index contributed by atoms with van der Waals surface area (Å²) in [7, 11) is -5.61. The van der Waals surface area contributed by atoms with E-state index >= 15 is 0 Å². The molecule has 8 heteroatoms. The summed E-state index contributed by atoms with van der Waals surface area (Å²) in [6.07, 6.45) is 0.869. The van der Waals surface area contributed by atoms with Crippen LogP contribution in [0.5, 0.6) is 0 Å². The van der Waals surface area contributed by atoms with Crippen molar-refractivity contribution in [2.75, 3.05) is 39.6 Å². The fraction of sp³-hybridized carbons (Fsp3) is 1.00. The molecular formula is C16H38O6Si2. The summed E-state index contributed by atoms with van der Waals surface area (Å²) < 4.78 is 36.3. The van der Waals surface area contributed by atoms with Crippen LogP contribution in [0.1, 0.15) is 54.9 Å². The summed E-state index contributed by atoms with van der Waals surface area (Å²) in [4.78, 5) is 0. The zero-order chi connectivity index (χ0) is 18.5. The summed E-state index contributed by atoms with van der Waals surface area (Å²) in [6.45, 7) is 17.4. The Hall–Kier alpha value is 0.194. The minimum atomic E-state index is -2.83. The molecule has 0 aliphatic carbocycles. The summed E-state index contributed by atoms with van der Waals surface area (Å²) in [5.41, 5.74) is 0.0914. The second-order valence-electron chi connectivity index (χ2n) is 5.19. The predicted octanol–water partition coefficient (Wildman–Crippen LogP) is 3.86. The molecule has 0 bridgehead atoms. The Labute approximate surface area is 150 Å². The fourth-order valence-corrected chi connectivity index (χ4v) is 10.1. The average Bonchev–Trinajstić information content (AvgIpc) is 2.54. The summed E-state index contributed by atoms with van der Waals surface area (Å²) >= 11 is 0. The normalized spacial score (nSPS) is 14.1. The van der Waals surface area contributed by atoms with Crippen LogP contribution in [-0.4, -0.2) is 57.3 Å². The second kappa shape index (κ2) is 13.4. The van der Waals surface area contributed by atoms with Gasteiger partial charge in [0.15, 0.2) is 0 Å². The Morgan fingerprint density at radius 3 is 1.12 bits per heavy atom. The van der Waals surface area contributed by atoms with Gasteiger partial charge in [-0.2, -0.15) is 0 Å². The van der Waals surface area contributed by atoms with Crippen molar-refractivity contribution in [2.45, 2.75) is 66.5 Å². The lowest BCUT2D eigenvalue weighted by Gasteiger charge is -2.38. The van der Waals surface area contributed by atoms with Crippen molar-refractivity contribution in [2.24, 2.45) is 0 Å². The number of hydrogen-bond donors (Lipinski definition) is 0. The van der Waals surface area contributed by atoms with E-state index in [2.05, 4.69) is 6.92 Å². The Kier molecular flexibility index (Phi) is 13.5. The largest absolute Gasteiger partial charge is 0.504 e. The first-order valence-corrected chi connectivity index (χ1v) is 13.1. The molecule has 0 saturated carbocycles. The Morgan fingerprint density at radius 1 is 0.542 bits per heavy atom. The molecule has 0 spiro atoms. The maximum Gasteiger partial charge on any atom is 0.504 e. The Morgan fingerprint density at radius 2 is 0.875 bits per heavy atom. The second-order valence-corrected chi connectivity index (χ2v) is 10.7. The highest BCUT2D eigenvalue weighted by atomic mass is 28.4. The molecule has 6 nitrogen and oxygen atoms in total. The molecule has 0 fully saturated rings. The maximum atomic E-state index is 6.09. The van der Waals surface area contributed by atoms with Gasteiger partial charge in [-0.1, -0.05) is 6.92 Å². The van der Waals surface area contributed by atoms with E-state index in [0.717, 1.165) is 6.42 Å². The smallest absolute Gasteiger partial charge is 0.374 e. The van der Waals surface area contributed by atoms with Crippen LogP contribution in [0.2, 0.25) is 11.6 Å². The lowest BCUT2D eigenvalue weighted by Crippen LogP contribution is -2.55. The van der Waals surface area contributed by atoms with E-state index < -0.39 is 17.6 Å². The number of hydrogen-bond acceptors (Lipinski definition) is 6. The number of rotatable bonds is 16. The van der Waals surface area contributed by atoms with Crippen molar-refractivity contribution in [3.8, 4) is 0 Å². The molecule has 0 rings (SSSR count). The highest BCUT2D eigenvalue weighted by Crippen LogP contribution is 2.37. The molecule has 0 amide bonds. The molecule has 0 aromatic rings. The highest BCUT2D eigenvalue weighted by Gasteiger charge is 2.55. The van der Waals surface area contributed by atoms with Crippen molar-refractivity contribution < 1.29 is 26.6 Å². The third kappa shape index (κ3) is 7.21. The third-order valence-corrected chi connectivity index (χ3v) is 10.9. The van der Waals surface area contributed by atoms with E-state index in [1.54, 1.807) is 0 Å². The van der Waals surface area contributed by atoms with E-state index in [1.807, 2.05) is 41.5 Å². The van der Waals surface area contributed by atoms with Crippen molar-refractivity contribution in [1.82, 2.24) is 0 Å². The summed E-state index contributed by atoms with van der Waals surface area (Å²) in [5.74, 6) is 0. The molecule has 0 radical (unpaired) electrons. The fourth-order valence-electron chi connectivity index (χ4n) is 2.86. The molecule has 0 saturated heterocycles. The van der Waals surface area contributed by atoms with Crippen LogP contribution < -0.4 is 0 Å². The molecule has 0 aromatic heterocycles. The van der Waals surface area contributed by atoms with Crippen molar-refractivity contribution in [1.29, 1.82) is 0 Å². The average molecular weight is 383 g/mol. The van der Waals surface area contributed by atoms with E-state index in [1.165, 1.54) is 0 Å². The molecule has 0 heterocycles. The lowest BCUT2D eigenvalue weighted by molar-refractivity contribution is 0.0481. The molecule has 1 unspecified atom stereocenters. The van der Waals surface area contributed by atoms with E-state index in [9.17, 15) is 0 Å². The zero-order valence-electron chi connectivity index (χ0n) is 16.7. The van der Waals surface area contributed by atoms with Crippen LogP contribution >= 0.6 is 0 Å². The third-order valence-electron chi connectivity index (χ3n) is 3.62. The lowest BCUT2D eigenvalue weighted by atomic mass is 10.4. The van der Waals surface area contributed by atoms with Crippen LogP contribution in [0.15, 0.2) is 0 Å². The van der Waals surface area contributed by atoms with Gasteiger partial charge in [0, 0.05) is 51.2 Å². The van der Waals surface area contributed by atoms with Gasteiger partial charge in [0.05, 0.1) is 0 Å². The van der Waals surface area contributed by atoms with Crippen LogP contribution in [0.25, 0.3) is 0 Å². The molecule has 0 aliphatic rings. The SMILES string of the molecule is CCO[Si](CC(CC)[Si](OCC)(OCC)OCC)(OCC)OCC. The van der Waals surface area contributed by atoms with Gasteiger partial charge in [0.1, 0.15) is 0 Å². The van der Waals surface area contributed by atoms with Crippen LogP contribution in [0, 0.1) is 0 Å². The molecule has 0 N–H and O–H groups in total. The Bertz CT molecular complexity index is 272. The monoisotopic (exact) mass is 382 g/mol. The van der Waals surface area contributed by atoms with Crippen molar-refractivity contribution in [3.05, 3.63) is 0 Å². The van der Waals surface area contributed by atoms with Crippen LogP contribution in [0.3, 0.4) is 0 Å². The first kappa shape index (κ1) is 24.2. The quantitative estimate of drug-likeness (QED) is 0.378. The molecule has 0 aliphatic heterocycles. The molecule has 24 heavy (non-hydrogen) atoms. The first-order valence-electron chi connectivity index (χ1n) is 9.37. The topological polar surface area (TPSA) is 55.4 Å². The van der Waals surface area contributed by atoms with Gasteiger partial charge in [-0.3, -0.25) is 0 Å². The van der Waals surface area contributed by atoms with E-state index in [4.69, 9.17) is 26.6 Å².